The molecule has 0 radical (unpaired) electrons. The largest absolute Gasteiger partial charge is 0.490 e. The minimum Gasteiger partial charge on any atom is -0.490 e. The number of halogens is 2. The average molecular weight is 1150 g/mol. The number of aryl methyl sites for hydroxylation is 2. The molecule has 2 aliphatic heterocycles. The van der Waals surface area contributed by atoms with E-state index < -0.39 is 41.8 Å². The third kappa shape index (κ3) is 16.2. The molecule has 2 heterocycles. The quantitative estimate of drug-likeness (QED) is 0.0813. The summed E-state index contributed by atoms with van der Waals surface area (Å²) < 4.78 is 44.3. The third-order valence-electron chi connectivity index (χ3n) is 17.2. The molecule has 4 aromatic carbocycles. The molecule has 4 fully saturated rings. The highest BCUT2D eigenvalue weighted by atomic mass is 19.3. The number of carboxylic acids is 1. The van der Waals surface area contributed by atoms with Crippen molar-refractivity contribution in [3.63, 3.8) is 0 Å². The number of nitrogens with one attached hydrogen (secondary N) is 2. The molecule has 4 aromatic rings. The molecule has 18 heteroatoms. The summed E-state index contributed by atoms with van der Waals surface area (Å²) in [6.45, 7) is 19.6. The predicted octanol–water partition coefficient (Wildman–Crippen LogP) is 9.90. The van der Waals surface area contributed by atoms with Crippen LogP contribution in [0.4, 0.5) is 25.0 Å². The van der Waals surface area contributed by atoms with Crippen LogP contribution in [0.3, 0.4) is 0 Å². The van der Waals surface area contributed by atoms with Crippen molar-refractivity contribution in [3.05, 3.63) is 118 Å². The van der Waals surface area contributed by atoms with E-state index in [1.807, 2.05) is 65.9 Å². The Hall–Kier alpha value is -6.63. The Bertz CT molecular complexity index is 2920. The number of ether oxygens (including phenoxy) is 3. The highest BCUT2D eigenvalue weighted by Crippen LogP contribution is 2.51. The van der Waals surface area contributed by atoms with Crippen LogP contribution >= 0.6 is 0 Å². The van der Waals surface area contributed by atoms with Crippen LogP contribution in [0.25, 0.3) is 0 Å². The molecular formula is C65H87F2N7O9. The van der Waals surface area contributed by atoms with E-state index in [1.165, 1.54) is 5.56 Å². The van der Waals surface area contributed by atoms with Gasteiger partial charge in [0.1, 0.15) is 17.1 Å². The van der Waals surface area contributed by atoms with Crippen LogP contribution in [0.1, 0.15) is 125 Å². The lowest BCUT2D eigenvalue weighted by Gasteiger charge is -2.44. The molecule has 0 aromatic heterocycles. The van der Waals surface area contributed by atoms with Crippen LogP contribution < -0.4 is 29.9 Å². The molecule has 16 nitrogen and oxygen atoms in total. The summed E-state index contributed by atoms with van der Waals surface area (Å²) in [4.78, 5) is 78.6. The van der Waals surface area contributed by atoms with Gasteiger partial charge in [0, 0.05) is 95.8 Å². The molecule has 2 saturated heterocycles. The normalized spacial score (nSPS) is 23.0. The molecule has 2 saturated carbocycles. The fraction of sp³-hybridized carbons (Fsp3) is 0.554. The van der Waals surface area contributed by atoms with Gasteiger partial charge in [-0.1, -0.05) is 36.4 Å². The number of nitrogens with zero attached hydrogens (tertiary/aromatic N) is 5. The van der Waals surface area contributed by atoms with Crippen LogP contribution in [0.2, 0.25) is 0 Å². The molecular weight excluding hydrogens is 1060 g/mol. The number of rotatable bonds is 19. The van der Waals surface area contributed by atoms with Gasteiger partial charge >= 0.3 is 12.1 Å². The summed E-state index contributed by atoms with van der Waals surface area (Å²) in [5.74, 6) is -2.39. The minimum atomic E-state index is -2.66. The number of aliphatic carboxylic acids is 1. The van der Waals surface area contributed by atoms with Gasteiger partial charge in [-0.3, -0.25) is 29.0 Å². The predicted molar refractivity (Wildman–Crippen MR) is 317 cm³/mol. The molecule has 450 valence electrons. The highest BCUT2D eigenvalue weighted by molar-refractivity contribution is 6.01. The number of carboxylic acid groups (broad SMARTS) is 1. The van der Waals surface area contributed by atoms with Crippen molar-refractivity contribution in [2.24, 2.45) is 11.3 Å². The average Bonchev–Trinajstić information content (AvgIpc) is 3.51. The summed E-state index contributed by atoms with van der Waals surface area (Å²) in [6, 6.07) is 26.6. The van der Waals surface area contributed by atoms with E-state index in [0.29, 0.717) is 79.4 Å². The third-order valence-corrected chi connectivity index (χ3v) is 17.2. The maximum Gasteiger partial charge on any atom is 0.410 e. The zero-order valence-electron chi connectivity index (χ0n) is 50.1. The minimum absolute atomic E-state index is 0.00980. The monoisotopic (exact) mass is 1150 g/mol. The summed E-state index contributed by atoms with van der Waals surface area (Å²) in [7, 11) is 3.55. The standard InChI is InChI=1S/C65H87F2N7O9/c1-42-32-51(20-16-50(42)41-73-30-31-74(45(4)39-73)63(80)83-64(5,6)7)70(8)60(76)47-18-22-53(23-19-47)81-56-15-11-13-48(36-56)59(61(77)78)65(62(79)71(9)52-21-17-49(43(2)33-52)40-72-29-28-68-44(3)38-72)26-24-54(25-27-65)82-55-14-10-12-46(34-55)35-58(75)69-37-57(66)67/h10-17,20-21,32-34,36,44-45,47,53-54,57,59,68H,18-19,22-31,35,37-41H2,1-9H3,(H,69,75)(H,77,78)/t44-,45-,47?,53?,54?,59?,65?/m0/s1. The van der Waals surface area contributed by atoms with Crippen molar-refractivity contribution < 1.29 is 52.1 Å². The Labute approximate surface area is 489 Å². The molecule has 83 heavy (non-hydrogen) atoms. The first-order chi connectivity index (χ1) is 39.4. The number of anilines is 2. The summed E-state index contributed by atoms with van der Waals surface area (Å²) in [5.41, 5.74) is 5.05. The van der Waals surface area contributed by atoms with Gasteiger partial charge in [-0.15, -0.1) is 0 Å². The van der Waals surface area contributed by atoms with Crippen molar-refractivity contribution >= 4 is 41.2 Å². The number of amides is 4. The van der Waals surface area contributed by atoms with Crippen molar-refractivity contribution in [2.45, 2.75) is 162 Å². The van der Waals surface area contributed by atoms with Gasteiger partial charge in [0.2, 0.25) is 17.7 Å². The Morgan fingerprint density at radius 2 is 1.34 bits per heavy atom. The van der Waals surface area contributed by atoms with E-state index in [0.717, 1.165) is 68.2 Å². The van der Waals surface area contributed by atoms with Crippen molar-refractivity contribution in [2.75, 3.05) is 69.7 Å². The fourth-order valence-electron chi connectivity index (χ4n) is 12.7. The molecule has 2 aliphatic carbocycles. The van der Waals surface area contributed by atoms with Gasteiger partial charge in [-0.05, 0) is 182 Å². The summed E-state index contributed by atoms with van der Waals surface area (Å²) in [5, 5.41) is 17.1. The number of benzene rings is 4. The van der Waals surface area contributed by atoms with Crippen LogP contribution in [0.15, 0.2) is 84.9 Å². The van der Waals surface area contributed by atoms with E-state index >= 15 is 4.79 Å². The first-order valence-corrected chi connectivity index (χ1v) is 29.7. The molecule has 0 spiro atoms. The molecule has 1 unspecified atom stereocenters. The van der Waals surface area contributed by atoms with Gasteiger partial charge in [-0.2, -0.15) is 0 Å². The van der Waals surface area contributed by atoms with E-state index in [1.54, 1.807) is 64.2 Å². The molecule has 4 aliphatic rings. The molecule has 0 bridgehead atoms. The zero-order chi connectivity index (χ0) is 59.8. The van der Waals surface area contributed by atoms with Crippen LogP contribution in [0, 0.1) is 25.2 Å². The number of hydrogen-bond donors (Lipinski definition) is 3. The zero-order valence-corrected chi connectivity index (χ0v) is 50.1. The number of carbonyl (C=O) groups is 5. The smallest absolute Gasteiger partial charge is 0.410 e. The van der Waals surface area contributed by atoms with E-state index in [9.17, 15) is 33.1 Å². The molecule has 3 N–H and O–H groups in total. The lowest BCUT2D eigenvalue weighted by molar-refractivity contribution is -0.150. The van der Waals surface area contributed by atoms with Crippen molar-refractivity contribution in [1.82, 2.24) is 25.3 Å². The van der Waals surface area contributed by atoms with Crippen LogP contribution in [0.5, 0.6) is 11.5 Å². The van der Waals surface area contributed by atoms with Gasteiger partial charge in [-0.25, -0.2) is 13.6 Å². The van der Waals surface area contributed by atoms with Crippen LogP contribution in [-0.4, -0.2) is 146 Å². The second kappa shape index (κ2) is 27.4. The maximum absolute atomic E-state index is 15.4. The molecule has 3 atom stereocenters. The molecule has 4 amide bonds. The maximum atomic E-state index is 15.4. The van der Waals surface area contributed by atoms with Gasteiger partial charge in [0.15, 0.2) is 0 Å². The number of hydrogen-bond acceptors (Lipinski definition) is 11. The van der Waals surface area contributed by atoms with Crippen molar-refractivity contribution in [3.8, 4) is 11.5 Å². The summed E-state index contributed by atoms with van der Waals surface area (Å²) >= 11 is 0. The first-order valence-electron chi connectivity index (χ1n) is 29.7. The number of carbonyl (C=O) groups excluding carboxylic acids is 4. The Morgan fingerprint density at radius 1 is 0.747 bits per heavy atom. The molecule has 8 rings (SSSR count). The SMILES string of the molecule is Cc1cc(N(C)C(=O)C2(C(C(=O)O)c3cccc(OC4CCC(C(=O)N(C)c5ccc(CN6CCN(C(=O)OC(C)(C)C)[C@@H](C)C6)c(C)c5)CC4)c3)CCC(Oc3cccc(CC(=O)NCC(F)F)c3)CC2)ccc1CN1CCN[C@@H](C)C1. The van der Waals surface area contributed by atoms with E-state index in [-0.39, 0.29) is 61.3 Å². The first kappa shape index (κ1) is 62.4. The fourth-order valence-corrected chi connectivity index (χ4v) is 12.7. The number of alkyl halides is 2. The van der Waals surface area contributed by atoms with Gasteiger partial charge < -0.3 is 44.7 Å². The lowest BCUT2D eigenvalue weighted by Crippen LogP contribution is -2.54. The van der Waals surface area contributed by atoms with Crippen molar-refractivity contribution in [1.29, 1.82) is 0 Å². The summed E-state index contributed by atoms with van der Waals surface area (Å²) in [6.07, 6.45) is -0.0111. The van der Waals surface area contributed by atoms with E-state index in [2.05, 4.69) is 52.5 Å². The number of piperazine rings is 2. The van der Waals surface area contributed by atoms with Crippen LogP contribution in [-0.2, 0) is 43.4 Å². The lowest BCUT2D eigenvalue weighted by atomic mass is 9.62. The Morgan fingerprint density at radius 3 is 1.92 bits per heavy atom. The Balaban J connectivity index is 0.928. The highest BCUT2D eigenvalue weighted by Gasteiger charge is 2.53. The second-order valence-corrected chi connectivity index (χ2v) is 24.8. The second-order valence-electron chi connectivity index (χ2n) is 24.8. The topological polar surface area (TPSA) is 174 Å². The van der Waals surface area contributed by atoms with E-state index in [4.69, 9.17) is 14.2 Å². The van der Waals surface area contributed by atoms with Gasteiger partial charge in [0.25, 0.3) is 6.43 Å². The Kier molecular flexibility index (Phi) is 20.6. The van der Waals surface area contributed by atoms with Gasteiger partial charge in [0.05, 0.1) is 36.5 Å².